The minimum Gasteiger partial charge on any atom is -0.348 e. The van der Waals surface area contributed by atoms with Crippen molar-refractivity contribution in [3.8, 4) is 12.3 Å². The van der Waals surface area contributed by atoms with Crippen molar-refractivity contribution in [2.45, 2.75) is 37.5 Å². The lowest BCUT2D eigenvalue weighted by atomic mass is 9.88. The van der Waals surface area contributed by atoms with Crippen molar-refractivity contribution in [1.29, 1.82) is 0 Å². The van der Waals surface area contributed by atoms with Gasteiger partial charge in [0.1, 0.15) is 6.54 Å². The number of terminal acetylenes is 1. The van der Waals surface area contributed by atoms with E-state index in [-0.39, 0.29) is 11.9 Å². The zero-order valence-corrected chi connectivity index (χ0v) is 15.4. The fraction of sp³-hybridized carbons (Fsp3) is 0.500. The molecule has 2 aliphatic rings. The number of benzene rings is 1. The number of fused-ring (bicyclic) bond motifs is 3. The van der Waals surface area contributed by atoms with Crippen LogP contribution in [0.5, 0.6) is 0 Å². The minimum atomic E-state index is -0.0991. The molecule has 2 fully saturated rings. The lowest BCUT2D eigenvalue weighted by Gasteiger charge is -2.50. The average Bonchev–Trinajstić information content (AvgIpc) is 2.96. The Labute approximate surface area is 154 Å². The predicted molar refractivity (Wildman–Crippen MR) is 102 cm³/mol. The number of likely N-dealkylation sites (tertiary alicyclic amines) is 1. The molecule has 26 heavy (non-hydrogen) atoms. The standard InChI is InChI=1S/C20H25N5O/c1-4-9-25-18-8-6-5-7-17(18)19(22-25)20(26)21-14-10-15-12-23(2)13-16(11-14)24(15)3/h1,5-8,14-16H,9-13H2,2-3H3,(H,21,26)/t14?,15-,16+. The van der Waals surface area contributed by atoms with E-state index in [4.69, 9.17) is 6.42 Å². The molecule has 2 saturated heterocycles. The molecule has 136 valence electrons. The molecular formula is C20H25N5O. The third-order valence-electron chi connectivity index (χ3n) is 5.76. The van der Waals surface area contributed by atoms with Crippen molar-refractivity contribution in [3.63, 3.8) is 0 Å². The summed E-state index contributed by atoms with van der Waals surface area (Å²) in [5.74, 6) is 2.51. The number of nitrogens with one attached hydrogen (secondary N) is 1. The highest BCUT2D eigenvalue weighted by Crippen LogP contribution is 2.27. The number of likely N-dealkylation sites (N-methyl/N-ethyl adjacent to an activating group) is 2. The summed E-state index contributed by atoms with van der Waals surface area (Å²) >= 11 is 0. The van der Waals surface area contributed by atoms with Gasteiger partial charge in [-0.15, -0.1) is 6.42 Å². The van der Waals surface area contributed by atoms with Gasteiger partial charge < -0.3 is 10.2 Å². The zero-order chi connectivity index (χ0) is 18.3. The van der Waals surface area contributed by atoms with Gasteiger partial charge in [0.2, 0.25) is 0 Å². The van der Waals surface area contributed by atoms with E-state index in [1.54, 1.807) is 4.68 Å². The van der Waals surface area contributed by atoms with Crippen LogP contribution in [0.25, 0.3) is 10.9 Å². The molecule has 1 amide bonds. The van der Waals surface area contributed by atoms with Gasteiger partial charge in [-0.25, -0.2) is 0 Å². The van der Waals surface area contributed by atoms with E-state index in [9.17, 15) is 4.79 Å². The fourth-order valence-corrected chi connectivity index (χ4v) is 4.46. The van der Waals surface area contributed by atoms with Crippen molar-refractivity contribution in [2.75, 3.05) is 27.2 Å². The first kappa shape index (κ1) is 17.1. The molecule has 1 aromatic heterocycles. The predicted octanol–water partition coefficient (Wildman–Crippen LogP) is 1.18. The molecule has 2 bridgehead atoms. The van der Waals surface area contributed by atoms with Gasteiger partial charge in [0.15, 0.2) is 5.69 Å². The molecule has 0 radical (unpaired) electrons. The Morgan fingerprint density at radius 1 is 1.27 bits per heavy atom. The number of hydrogen-bond donors (Lipinski definition) is 1. The molecule has 6 nitrogen and oxygen atoms in total. The van der Waals surface area contributed by atoms with E-state index in [2.05, 4.69) is 40.2 Å². The molecule has 2 aromatic rings. The number of piperidine rings is 1. The second-order valence-corrected chi connectivity index (χ2v) is 7.56. The van der Waals surface area contributed by atoms with Gasteiger partial charge in [-0.05, 0) is 33.0 Å². The topological polar surface area (TPSA) is 53.4 Å². The Morgan fingerprint density at radius 3 is 2.65 bits per heavy atom. The van der Waals surface area contributed by atoms with E-state index in [1.165, 1.54) is 0 Å². The van der Waals surface area contributed by atoms with Crippen LogP contribution in [0.4, 0.5) is 0 Å². The third-order valence-corrected chi connectivity index (χ3v) is 5.76. The molecular weight excluding hydrogens is 326 g/mol. The summed E-state index contributed by atoms with van der Waals surface area (Å²) in [4.78, 5) is 17.8. The highest BCUT2D eigenvalue weighted by Gasteiger charge is 2.38. The van der Waals surface area contributed by atoms with E-state index >= 15 is 0 Å². The second-order valence-electron chi connectivity index (χ2n) is 7.56. The monoisotopic (exact) mass is 351 g/mol. The summed E-state index contributed by atoms with van der Waals surface area (Å²) in [6.07, 6.45) is 7.40. The van der Waals surface area contributed by atoms with Crippen LogP contribution in [0.1, 0.15) is 23.3 Å². The number of nitrogens with zero attached hydrogens (tertiary/aromatic N) is 4. The number of rotatable bonds is 3. The lowest BCUT2D eigenvalue weighted by Crippen LogP contribution is -2.63. The summed E-state index contributed by atoms with van der Waals surface area (Å²) in [5.41, 5.74) is 1.37. The smallest absolute Gasteiger partial charge is 0.272 e. The normalized spacial score (nSPS) is 26.6. The van der Waals surface area contributed by atoms with Crippen molar-refractivity contribution < 1.29 is 4.79 Å². The fourth-order valence-electron chi connectivity index (χ4n) is 4.46. The molecule has 3 heterocycles. The van der Waals surface area contributed by atoms with Crippen molar-refractivity contribution >= 4 is 16.8 Å². The number of hydrogen-bond acceptors (Lipinski definition) is 4. The summed E-state index contributed by atoms with van der Waals surface area (Å²) in [6.45, 7) is 2.47. The molecule has 3 atom stereocenters. The Bertz CT molecular complexity index is 851. The van der Waals surface area contributed by atoms with Crippen LogP contribution >= 0.6 is 0 Å². The van der Waals surface area contributed by atoms with Crippen molar-refractivity contribution in [3.05, 3.63) is 30.0 Å². The second kappa shape index (κ2) is 6.75. The molecule has 6 heteroatoms. The van der Waals surface area contributed by atoms with Gasteiger partial charge in [0.25, 0.3) is 5.91 Å². The maximum Gasteiger partial charge on any atom is 0.272 e. The van der Waals surface area contributed by atoms with Crippen LogP contribution in [-0.4, -0.2) is 70.8 Å². The summed E-state index contributed by atoms with van der Waals surface area (Å²) in [5, 5.41) is 8.58. The Morgan fingerprint density at radius 2 is 1.96 bits per heavy atom. The van der Waals surface area contributed by atoms with Gasteiger partial charge in [-0.1, -0.05) is 24.1 Å². The quantitative estimate of drug-likeness (QED) is 0.844. The number of piperazine rings is 1. The highest BCUT2D eigenvalue weighted by atomic mass is 16.2. The number of amides is 1. The summed E-state index contributed by atoms with van der Waals surface area (Å²) in [6, 6.07) is 8.93. The first-order chi connectivity index (χ1) is 12.6. The van der Waals surface area contributed by atoms with Crippen LogP contribution < -0.4 is 5.32 Å². The molecule has 1 aromatic carbocycles. The van der Waals surface area contributed by atoms with Crippen LogP contribution in [0.2, 0.25) is 0 Å². The van der Waals surface area contributed by atoms with Crippen LogP contribution in [-0.2, 0) is 6.54 Å². The highest BCUT2D eigenvalue weighted by molar-refractivity contribution is 6.05. The van der Waals surface area contributed by atoms with Gasteiger partial charge in [-0.3, -0.25) is 14.4 Å². The SMILES string of the molecule is C#CCn1nc(C(=O)NC2C[C@@H]3CN(C)C[C@H](C2)N3C)c2ccccc21. The third kappa shape index (κ3) is 2.98. The average molecular weight is 351 g/mol. The van der Waals surface area contributed by atoms with Gasteiger partial charge >= 0.3 is 0 Å². The van der Waals surface area contributed by atoms with Crippen LogP contribution in [0.3, 0.4) is 0 Å². The molecule has 1 N–H and O–H groups in total. The molecule has 0 aliphatic carbocycles. The summed E-state index contributed by atoms with van der Waals surface area (Å²) in [7, 11) is 4.38. The number of para-hydroxylation sites is 1. The van der Waals surface area contributed by atoms with E-state index in [0.717, 1.165) is 36.8 Å². The summed E-state index contributed by atoms with van der Waals surface area (Å²) < 4.78 is 1.72. The largest absolute Gasteiger partial charge is 0.348 e. The first-order valence-corrected chi connectivity index (χ1v) is 9.17. The number of aromatic nitrogens is 2. The number of carbonyl (C=O) groups excluding carboxylic acids is 1. The van der Waals surface area contributed by atoms with Gasteiger partial charge in [0.05, 0.1) is 5.52 Å². The lowest BCUT2D eigenvalue weighted by molar-refractivity contribution is 0.00837. The number of carbonyl (C=O) groups is 1. The first-order valence-electron chi connectivity index (χ1n) is 9.17. The van der Waals surface area contributed by atoms with Crippen LogP contribution in [0.15, 0.2) is 24.3 Å². The van der Waals surface area contributed by atoms with E-state index in [0.29, 0.717) is 24.3 Å². The molecule has 0 spiro atoms. The maximum atomic E-state index is 12.9. The van der Waals surface area contributed by atoms with Gasteiger partial charge in [-0.2, -0.15) is 5.10 Å². The maximum absolute atomic E-state index is 12.9. The molecule has 0 saturated carbocycles. The van der Waals surface area contributed by atoms with Crippen molar-refractivity contribution in [1.82, 2.24) is 24.9 Å². The van der Waals surface area contributed by atoms with Crippen molar-refractivity contribution in [2.24, 2.45) is 0 Å². The molecule has 2 aliphatic heterocycles. The van der Waals surface area contributed by atoms with E-state index < -0.39 is 0 Å². The van der Waals surface area contributed by atoms with E-state index in [1.807, 2.05) is 24.3 Å². The zero-order valence-electron chi connectivity index (χ0n) is 15.4. The Kier molecular flexibility index (Phi) is 4.43. The Hall–Kier alpha value is -2.36. The Balaban J connectivity index is 1.54. The van der Waals surface area contributed by atoms with Gasteiger partial charge in [0, 0.05) is 36.6 Å². The van der Waals surface area contributed by atoms with Crippen LogP contribution in [0, 0.1) is 12.3 Å². The molecule has 4 rings (SSSR count). The minimum absolute atomic E-state index is 0.0991. The molecule has 1 unspecified atom stereocenters.